The van der Waals surface area contributed by atoms with Crippen LogP contribution in [0.5, 0.6) is 0 Å². The van der Waals surface area contributed by atoms with Gasteiger partial charge in [-0.2, -0.15) is 13.2 Å². The van der Waals surface area contributed by atoms with E-state index in [4.69, 9.17) is 4.52 Å². The summed E-state index contributed by atoms with van der Waals surface area (Å²) in [6.45, 7) is 0. The minimum absolute atomic E-state index is 0.133. The van der Waals surface area contributed by atoms with Crippen molar-refractivity contribution in [3.63, 3.8) is 0 Å². The predicted octanol–water partition coefficient (Wildman–Crippen LogP) is 4.01. The van der Waals surface area contributed by atoms with Crippen LogP contribution in [-0.4, -0.2) is 16.0 Å². The van der Waals surface area contributed by atoms with Crippen LogP contribution in [0.1, 0.15) is 16.1 Å². The van der Waals surface area contributed by atoms with E-state index in [0.717, 1.165) is 6.07 Å². The minimum Gasteiger partial charge on any atom is -0.355 e. The molecule has 2 aromatic heterocycles. The first-order valence-corrected chi connectivity index (χ1v) is 6.80. The zero-order chi connectivity index (χ0) is 17.2. The summed E-state index contributed by atoms with van der Waals surface area (Å²) in [6.07, 6.45) is -1.49. The number of anilines is 1. The largest absolute Gasteiger partial charge is 0.418 e. The summed E-state index contributed by atoms with van der Waals surface area (Å²) in [6, 6.07) is 9.42. The van der Waals surface area contributed by atoms with Gasteiger partial charge in [-0.3, -0.25) is 9.78 Å². The molecule has 0 radical (unpaired) electrons. The van der Waals surface area contributed by atoms with Crippen LogP contribution in [-0.2, 0) is 6.18 Å². The molecule has 1 amide bonds. The Morgan fingerprint density at radius 2 is 1.92 bits per heavy atom. The Bertz CT molecular complexity index is 860. The fourth-order valence-electron chi connectivity index (χ4n) is 2.05. The molecule has 0 spiro atoms. The summed E-state index contributed by atoms with van der Waals surface area (Å²) in [7, 11) is 0. The van der Waals surface area contributed by atoms with E-state index in [9.17, 15) is 18.0 Å². The summed E-state index contributed by atoms with van der Waals surface area (Å²) in [5.74, 6) is -0.511. The Balaban J connectivity index is 1.83. The van der Waals surface area contributed by atoms with Crippen molar-refractivity contribution in [3.8, 4) is 11.3 Å². The zero-order valence-corrected chi connectivity index (χ0v) is 12.0. The minimum atomic E-state index is -4.57. The number of aromatic nitrogens is 2. The van der Waals surface area contributed by atoms with Gasteiger partial charge in [0.15, 0.2) is 11.5 Å². The summed E-state index contributed by atoms with van der Waals surface area (Å²) < 4.78 is 43.8. The third-order valence-corrected chi connectivity index (χ3v) is 3.17. The molecule has 1 N–H and O–H groups in total. The van der Waals surface area contributed by atoms with Gasteiger partial charge in [0, 0.05) is 24.0 Å². The molecule has 0 aliphatic heterocycles. The van der Waals surface area contributed by atoms with Gasteiger partial charge in [-0.1, -0.05) is 17.3 Å². The van der Waals surface area contributed by atoms with Crippen molar-refractivity contribution in [3.05, 3.63) is 66.1 Å². The van der Waals surface area contributed by atoms with Gasteiger partial charge in [-0.15, -0.1) is 0 Å². The van der Waals surface area contributed by atoms with Gasteiger partial charge >= 0.3 is 6.18 Å². The second kappa shape index (κ2) is 6.15. The Labute approximate surface area is 134 Å². The van der Waals surface area contributed by atoms with Crippen LogP contribution in [0.25, 0.3) is 11.3 Å². The standard InChI is InChI=1S/C16H10F3N3O2/c17-16(18,19)11-5-1-2-6-12(11)21-15(23)13-8-14(24-22-13)10-4-3-7-20-9-10/h1-9H,(H,21,23). The number of carbonyl (C=O) groups excluding carboxylic acids is 1. The van der Waals surface area contributed by atoms with Gasteiger partial charge in [0.2, 0.25) is 0 Å². The molecular weight excluding hydrogens is 323 g/mol. The summed E-state index contributed by atoms with van der Waals surface area (Å²) >= 11 is 0. The first-order valence-electron chi connectivity index (χ1n) is 6.80. The second-order valence-electron chi connectivity index (χ2n) is 4.82. The molecule has 3 rings (SSSR count). The number of amides is 1. The van der Waals surface area contributed by atoms with Gasteiger partial charge in [-0.25, -0.2) is 0 Å². The topological polar surface area (TPSA) is 68.0 Å². The molecule has 0 fully saturated rings. The number of nitrogens with zero attached hydrogens (tertiary/aromatic N) is 2. The van der Waals surface area contributed by atoms with Crippen molar-refractivity contribution in [1.29, 1.82) is 0 Å². The van der Waals surface area contributed by atoms with Crippen LogP contribution in [0.2, 0.25) is 0 Å². The van der Waals surface area contributed by atoms with Crippen LogP contribution in [0.15, 0.2) is 59.4 Å². The van der Waals surface area contributed by atoms with Gasteiger partial charge in [-0.05, 0) is 24.3 Å². The Kier molecular flexibility index (Phi) is 4.03. The number of halogens is 3. The van der Waals surface area contributed by atoms with Crippen LogP contribution in [0, 0.1) is 0 Å². The molecule has 0 unspecified atom stereocenters. The normalized spacial score (nSPS) is 11.3. The average Bonchev–Trinajstić information content (AvgIpc) is 3.05. The molecule has 5 nitrogen and oxygen atoms in total. The number of hydrogen-bond acceptors (Lipinski definition) is 4. The smallest absolute Gasteiger partial charge is 0.355 e. The van der Waals surface area contributed by atoms with Gasteiger partial charge in [0.25, 0.3) is 5.91 Å². The molecule has 122 valence electrons. The lowest BCUT2D eigenvalue weighted by Crippen LogP contribution is -2.16. The third kappa shape index (κ3) is 3.27. The number of rotatable bonds is 3. The molecule has 2 heterocycles. The number of para-hydroxylation sites is 1. The molecular formula is C16H10F3N3O2. The highest BCUT2D eigenvalue weighted by molar-refractivity contribution is 6.03. The predicted molar refractivity (Wildman–Crippen MR) is 79.1 cm³/mol. The lowest BCUT2D eigenvalue weighted by atomic mass is 10.1. The molecule has 0 aliphatic rings. The molecule has 0 atom stereocenters. The third-order valence-electron chi connectivity index (χ3n) is 3.17. The van der Waals surface area contributed by atoms with Crippen LogP contribution < -0.4 is 5.32 Å². The van der Waals surface area contributed by atoms with Crippen LogP contribution >= 0.6 is 0 Å². The summed E-state index contributed by atoms with van der Waals surface area (Å²) in [5.41, 5.74) is -0.819. The zero-order valence-electron chi connectivity index (χ0n) is 12.0. The van der Waals surface area contributed by atoms with Crippen LogP contribution in [0.3, 0.4) is 0 Å². The van der Waals surface area contributed by atoms with Crippen molar-refractivity contribution >= 4 is 11.6 Å². The van der Waals surface area contributed by atoms with E-state index >= 15 is 0 Å². The molecule has 0 bridgehead atoms. The van der Waals surface area contributed by atoms with E-state index in [0.29, 0.717) is 5.56 Å². The highest BCUT2D eigenvalue weighted by atomic mass is 19.4. The number of hydrogen-bond donors (Lipinski definition) is 1. The number of nitrogens with one attached hydrogen (secondary N) is 1. The molecule has 1 aromatic carbocycles. The van der Waals surface area contributed by atoms with E-state index in [-0.39, 0.29) is 17.1 Å². The van der Waals surface area contributed by atoms with E-state index in [1.54, 1.807) is 18.3 Å². The lowest BCUT2D eigenvalue weighted by molar-refractivity contribution is -0.136. The molecule has 0 saturated heterocycles. The van der Waals surface area contributed by atoms with Crippen molar-refractivity contribution < 1.29 is 22.5 Å². The lowest BCUT2D eigenvalue weighted by Gasteiger charge is -2.12. The maximum absolute atomic E-state index is 12.9. The number of benzene rings is 1. The number of pyridine rings is 1. The van der Waals surface area contributed by atoms with E-state index < -0.39 is 17.6 Å². The van der Waals surface area contributed by atoms with Gasteiger partial charge < -0.3 is 9.84 Å². The Hall–Kier alpha value is -3.16. The molecule has 8 heteroatoms. The summed E-state index contributed by atoms with van der Waals surface area (Å²) in [5, 5.41) is 5.79. The molecule has 24 heavy (non-hydrogen) atoms. The van der Waals surface area contributed by atoms with Crippen LogP contribution in [0.4, 0.5) is 18.9 Å². The van der Waals surface area contributed by atoms with Crippen molar-refractivity contribution in [2.45, 2.75) is 6.18 Å². The SMILES string of the molecule is O=C(Nc1ccccc1C(F)(F)F)c1cc(-c2cccnc2)on1. The Morgan fingerprint density at radius 3 is 2.62 bits per heavy atom. The van der Waals surface area contributed by atoms with E-state index in [1.165, 1.54) is 30.5 Å². The quantitative estimate of drug-likeness (QED) is 0.786. The van der Waals surface area contributed by atoms with Gasteiger partial charge in [0.1, 0.15) is 0 Å². The average molecular weight is 333 g/mol. The highest BCUT2D eigenvalue weighted by Gasteiger charge is 2.33. The maximum Gasteiger partial charge on any atom is 0.418 e. The fraction of sp³-hybridized carbons (Fsp3) is 0.0625. The first kappa shape index (κ1) is 15.7. The molecule has 0 aliphatic carbocycles. The Morgan fingerprint density at radius 1 is 1.12 bits per heavy atom. The number of alkyl halides is 3. The van der Waals surface area contributed by atoms with Crippen molar-refractivity contribution in [1.82, 2.24) is 10.1 Å². The van der Waals surface area contributed by atoms with E-state index in [2.05, 4.69) is 15.5 Å². The van der Waals surface area contributed by atoms with E-state index in [1.807, 2.05) is 0 Å². The van der Waals surface area contributed by atoms with Gasteiger partial charge in [0.05, 0.1) is 11.3 Å². The fourth-order valence-corrected chi connectivity index (χ4v) is 2.05. The van der Waals surface area contributed by atoms with Crippen molar-refractivity contribution in [2.24, 2.45) is 0 Å². The molecule has 0 saturated carbocycles. The highest BCUT2D eigenvalue weighted by Crippen LogP contribution is 2.34. The molecule has 3 aromatic rings. The first-order chi connectivity index (χ1) is 11.4. The summed E-state index contributed by atoms with van der Waals surface area (Å²) in [4.78, 5) is 16.0. The monoisotopic (exact) mass is 333 g/mol. The maximum atomic E-state index is 12.9. The number of carbonyl (C=O) groups is 1. The second-order valence-corrected chi connectivity index (χ2v) is 4.82. The van der Waals surface area contributed by atoms with Crippen molar-refractivity contribution in [2.75, 3.05) is 5.32 Å².